The van der Waals surface area contributed by atoms with Crippen molar-refractivity contribution in [2.24, 2.45) is 5.92 Å². The van der Waals surface area contributed by atoms with Crippen molar-refractivity contribution in [2.75, 3.05) is 13.1 Å². The van der Waals surface area contributed by atoms with Crippen LogP contribution in [0.3, 0.4) is 0 Å². The van der Waals surface area contributed by atoms with Crippen molar-refractivity contribution in [2.45, 2.75) is 32.4 Å². The molecule has 0 bridgehead atoms. The molecule has 2 heterocycles. The largest absolute Gasteiger partial charge is 0.393 e. The van der Waals surface area contributed by atoms with E-state index in [1.807, 2.05) is 16.3 Å². The lowest BCUT2D eigenvalue weighted by Gasteiger charge is -2.34. The topological polar surface area (TPSA) is 52.6 Å². The molecule has 2 unspecified atom stereocenters. The lowest BCUT2D eigenvalue weighted by molar-refractivity contribution is 0.0739. The number of halogens is 1. The Morgan fingerprint density at radius 2 is 2.53 bits per heavy atom. The fourth-order valence-corrected chi connectivity index (χ4v) is 3.70. The first-order chi connectivity index (χ1) is 9.06. The molecule has 2 N–H and O–H groups in total. The van der Waals surface area contributed by atoms with Crippen molar-refractivity contribution in [3.63, 3.8) is 0 Å². The number of nitrogens with zero attached hydrogens (tertiary/aromatic N) is 1. The molecule has 0 aromatic carbocycles. The van der Waals surface area contributed by atoms with E-state index in [1.54, 1.807) is 18.3 Å². The number of aliphatic hydroxyl groups is 1. The van der Waals surface area contributed by atoms with Crippen molar-refractivity contribution < 1.29 is 9.90 Å². The number of piperidine rings is 1. The van der Waals surface area contributed by atoms with Crippen molar-refractivity contribution >= 4 is 33.3 Å². The van der Waals surface area contributed by atoms with Crippen LogP contribution in [0.1, 0.15) is 24.6 Å². The van der Waals surface area contributed by atoms with Gasteiger partial charge in [-0.2, -0.15) is 0 Å². The SMILES string of the molecule is CC(O)C1CCCN(C(=O)NCc2cc(Br)cs2)C1. The lowest BCUT2D eigenvalue weighted by atomic mass is 9.94. The molecule has 0 radical (unpaired) electrons. The second-order valence-corrected chi connectivity index (χ2v) is 6.89. The third kappa shape index (κ3) is 4.19. The van der Waals surface area contributed by atoms with Crippen LogP contribution in [-0.2, 0) is 6.54 Å². The van der Waals surface area contributed by atoms with Gasteiger partial charge in [-0.3, -0.25) is 0 Å². The van der Waals surface area contributed by atoms with Crippen LogP contribution < -0.4 is 5.32 Å². The van der Waals surface area contributed by atoms with Gasteiger partial charge in [0.05, 0.1) is 12.6 Å². The van der Waals surface area contributed by atoms with Crippen LogP contribution >= 0.6 is 27.3 Å². The molecular weight excluding hydrogens is 328 g/mol. The van der Waals surface area contributed by atoms with Gasteiger partial charge in [-0.25, -0.2) is 4.79 Å². The normalized spacial score (nSPS) is 21.2. The predicted octanol–water partition coefficient (Wildman–Crippen LogP) is 2.81. The van der Waals surface area contributed by atoms with Gasteiger partial charge >= 0.3 is 6.03 Å². The average Bonchev–Trinajstić information content (AvgIpc) is 2.82. The maximum atomic E-state index is 12.1. The van der Waals surface area contributed by atoms with E-state index >= 15 is 0 Å². The second-order valence-electron chi connectivity index (χ2n) is 4.98. The number of urea groups is 1. The van der Waals surface area contributed by atoms with Crippen molar-refractivity contribution in [3.8, 4) is 0 Å². The third-order valence-corrected chi connectivity index (χ3v) is 5.16. The molecule has 1 aliphatic rings. The third-order valence-electron chi connectivity index (χ3n) is 3.46. The first-order valence-electron chi connectivity index (χ1n) is 6.50. The monoisotopic (exact) mass is 346 g/mol. The van der Waals surface area contributed by atoms with Gasteiger partial charge < -0.3 is 15.3 Å². The molecule has 106 valence electrons. The highest BCUT2D eigenvalue weighted by Crippen LogP contribution is 2.21. The highest BCUT2D eigenvalue weighted by molar-refractivity contribution is 9.10. The Kier molecular flexibility index (Phi) is 5.24. The summed E-state index contributed by atoms with van der Waals surface area (Å²) in [5, 5.41) is 14.6. The van der Waals surface area contributed by atoms with Crippen molar-refractivity contribution in [1.82, 2.24) is 10.2 Å². The number of likely N-dealkylation sites (tertiary alicyclic amines) is 1. The number of carbonyl (C=O) groups excluding carboxylic acids is 1. The Morgan fingerprint density at radius 3 is 3.16 bits per heavy atom. The molecule has 6 heteroatoms. The Bertz CT molecular complexity index is 436. The van der Waals surface area contributed by atoms with Crippen LogP contribution in [0.25, 0.3) is 0 Å². The van der Waals surface area contributed by atoms with Gasteiger partial charge in [-0.05, 0) is 41.8 Å². The predicted molar refractivity (Wildman–Crippen MR) is 80.2 cm³/mol. The minimum Gasteiger partial charge on any atom is -0.393 e. The van der Waals surface area contributed by atoms with Crippen LogP contribution in [0.2, 0.25) is 0 Å². The summed E-state index contributed by atoms with van der Waals surface area (Å²) in [5.74, 6) is 0.204. The summed E-state index contributed by atoms with van der Waals surface area (Å²) in [6.45, 7) is 3.79. The number of amides is 2. The molecule has 1 aromatic rings. The first-order valence-corrected chi connectivity index (χ1v) is 8.17. The van der Waals surface area contributed by atoms with Crippen LogP contribution in [0, 0.1) is 5.92 Å². The molecule has 0 saturated carbocycles. The van der Waals surface area contributed by atoms with Gasteiger partial charge in [0.25, 0.3) is 0 Å². The minimum absolute atomic E-state index is 0.0325. The molecule has 2 atom stereocenters. The summed E-state index contributed by atoms with van der Waals surface area (Å²) in [5.41, 5.74) is 0. The summed E-state index contributed by atoms with van der Waals surface area (Å²) in [6, 6.07) is 1.98. The Morgan fingerprint density at radius 1 is 1.74 bits per heavy atom. The molecule has 1 saturated heterocycles. The van der Waals surface area contributed by atoms with E-state index in [-0.39, 0.29) is 18.1 Å². The van der Waals surface area contributed by atoms with E-state index in [2.05, 4.69) is 21.2 Å². The summed E-state index contributed by atoms with van der Waals surface area (Å²) in [6.07, 6.45) is 1.62. The molecule has 0 aliphatic carbocycles. The summed E-state index contributed by atoms with van der Waals surface area (Å²) >= 11 is 5.02. The van der Waals surface area contributed by atoms with Gasteiger partial charge in [0.1, 0.15) is 0 Å². The van der Waals surface area contributed by atoms with Gasteiger partial charge in [0, 0.05) is 33.7 Å². The lowest BCUT2D eigenvalue weighted by Crippen LogP contribution is -2.47. The zero-order valence-corrected chi connectivity index (χ0v) is 13.3. The molecule has 4 nitrogen and oxygen atoms in total. The first kappa shape index (κ1) is 14.8. The van der Waals surface area contributed by atoms with Crippen LogP contribution in [0.5, 0.6) is 0 Å². The maximum Gasteiger partial charge on any atom is 0.317 e. The quantitative estimate of drug-likeness (QED) is 0.884. The Labute approximate surface area is 125 Å². The minimum atomic E-state index is -0.344. The number of aliphatic hydroxyl groups excluding tert-OH is 1. The summed E-state index contributed by atoms with van der Waals surface area (Å²) in [7, 11) is 0. The number of carbonyl (C=O) groups is 1. The summed E-state index contributed by atoms with van der Waals surface area (Å²) in [4.78, 5) is 15.0. The van der Waals surface area contributed by atoms with Crippen LogP contribution in [-0.4, -0.2) is 35.2 Å². The van der Waals surface area contributed by atoms with E-state index < -0.39 is 0 Å². The van der Waals surface area contributed by atoms with E-state index in [9.17, 15) is 9.90 Å². The fourth-order valence-electron chi connectivity index (χ4n) is 2.31. The Balaban J connectivity index is 1.82. The van der Waals surface area contributed by atoms with Gasteiger partial charge in [0.15, 0.2) is 0 Å². The fraction of sp³-hybridized carbons (Fsp3) is 0.615. The van der Waals surface area contributed by atoms with E-state index in [0.29, 0.717) is 13.1 Å². The van der Waals surface area contributed by atoms with Gasteiger partial charge in [-0.15, -0.1) is 11.3 Å². The number of rotatable bonds is 3. The van der Waals surface area contributed by atoms with Crippen molar-refractivity contribution in [3.05, 3.63) is 20.8 Å². The maximum absolute atomic E-state index is 12.1. The standard InChI is InChI=1S/C13H19BrN2O2S/c1-9(17)10-3-2-4-16(7-10)13(18)15-6-12-5-11(14)8-19-12/h5,8-10,17H,2-4,6-7H2,1H3,(H,15,18). The average molecular weight is 347 g/mol. The molecule has 19 heavy (non-hydrogen) atoms. The molecule has 1 aliphatic heterocycles. The number of hydrogen-bond donors (Lipinski definition) is 2. The number of nitrogens with one attached hydrogen (secondary N) is 1. The molecule has 2 amide bonds. The van der Waals surface area contributed by atoms with E-state index in [4.69, 9.17) is 0 Å². The zero-order chi connectivity index (χ0) is 13.8. The second kappa shape index (κ2) is 6.72. The van der Waals surface area contributed by atoms with E-state index in [1.165, 1.54) is 0 Å². The van der Waals surface area contributed by atoms with Crippen molar-refractivity contribution in [1.29, 1.82) is 0 Å². The molecule has 0 spiro atoms. The zero-order valence-electron chi connectivity index (χ0n) is 10.9. The van der Waals surface area contributed by atoms with Gasteiger partial charge in [-0.1, -0.05) is 0 Å². The summed E-state index contributed by atoms with van der Waals surface area (Å²) < 4.78 is 1.05. The number of thiophene rings is 1. The molecule has 2 rings (SSSR count). The highest BCUT2D eigenvalue weighted by atomic mass is 79.9. The van der Waals surface area contributed by atoms with E-state index in [0.717, 1.165) is 28.7 Å². The molecule has 1 fully saturated rings. The highest BCUT2D eigenvalue weighted by Gasteiger charge is 2.26. The van der Waals surface area contributed by atoms with Gasteiger partial charge in [0.2, 0.25) is 0 Å². The van der Waals surface area contributed by atoms with Crippen LogP contribution in [0.4, 0.5) is 4.79 Å². The molecular formula is C13H19BrN2O2S. The smallest absolute Gasteiger partial charge is 0.317 e. The number of hydrogen-bond acceptors (Lipinski definition) is 3. The van der Waals surface area contributed by atoms with Crippen LogP contribution in [0.15, 0.2) is 15.9 Å². The Hall–Kier alpha value is -0.590. The molecule has 1 aromatic heterocycles.